The Morgan fingerprint density at radius 2 is 1.53 bits per heavy atom. The van der Waals surface area contributed by atoms with E-state index in [2.05, 4.69) is 0 Å². The molecule has 4 rings (SSSR count). The summed E-state index contributed by atoms with van der Waals surface area (Å²) in [6.07, 6.45) is 0.533. The maximum atomic E-state index is 14.1. The maximum Gasteiger partial charge on any atom is 0.308 e. The van der Waals surface area contributed by atoms with Crippen molar-refractivity contribution in [3.05, 3.63) is 36.0 Å². The van der Waals surface area contributed by atoms with Crippen LogP contribution in [0.1, 0.15) is 67.2 Å². The molecule has 4 aliphatic heterocycles. The summed E-state index contributed by atoms with van der Waals surface area (Å²) in [4.78, 5) is 29.7. The molecule has 0 spiro atoms. The highest BCUT2D eigenvalue weighted by molar-refractivity contribution is 5.91. The Kier molecular flexibility index (Phi) is 19.4. The molecule has 0 radical (unpaired) electrons. The number of carbonyl (C=O) groups excluding carboxylic acids is 2. The third kappa shape index (κ3) is 12.7. The molecule has 58 heavy (non-hydrogen) atoms. The van der Waals surface area contributed by atoms with Crippen LogP contribution in [0.5, 0.6) is 0 Å². The first-order valence-corrected chi connectivity index (χ1v) is 20.9. The predicted molar refractivity (Wildman–Crippen MR) is 214 cm³/mol. The molecule has 0 saturated carbocycles. The van der Waals surface area contributed by atoms with Gasteiger partial charge in [0, 0.05) is 38.6 Å². The Balaban J connectivity index is 1.71. The number of methoxy groups -OCH3 is 2. The van der Waals surface area contributed by atoms with E-state index in [0.29, 0.717) is 32.5 Å². The molecule has 2 saturated heterocycles. The predicted octanol–water partition coefficient (Wildman–Crippen LogP) is 2.97. The van der Waals surface area contributed by atoms with Crippen molar-refractivity contribution >= 4 is 11.8 Å². The summed E-state index contributed by atoms with van der Waals surface area (Å²) in [5.41, 5.74) is 0.771. The molecule has 0 aromatic rings. The van der Waals surface area contributed by atoms with Crippen LogP contribution in [0, 0.1) is 23.7 Å². The zero-order chi connectivity index (χ0) is 42.7. The van der Waals surface area contributed by atoms with Crippen LogP contribution in [0.4, 0.5) is 0 Å². The molecule has 4 aliphatic rings. The van der Waals surface area contributed by atoms with Crippen LogP contribution in [0.2, 0.25) is 0 Å². The summed E-state index contributed by atoms with van der Waals surface area (Å²) >= 11 is 0. The normalized spacial score (nSPS) is 41.8. The fourth-order valence-corrected chi connectivity index (χ4v) is 8.59. The lowest BCUT2D eigenvalue weighted by Gasteiger charge is -2.47. The smallest absolute Gasteiger partial charge is 0.308 e. The Morgan fingerprint density at radius 3 is 2.21 bits per heavy atom. The molecule has 0 aromatic carbocycles. The van der Waals surface area contributed by atoms with Crippen molar-refractivity contribution in [1.29, 1.82) is 0 Å². The van der Waals surface area contributed by atoms with Crippen molar-refractivity contribution in [1.82, 2.24) is 4.90 Å². The maximum absolute atomic E-state index is 14.1. The minimum Gasteiger partial charge on any atom is -0.462 e. The SMILES string of the molecule is CC[C@H]1OC(=O)C[C@H]2OCC=CCOCC[C@@H](C[C@@H](C)C(=O)C=CC(C)=C[C@@H]1CO[C@@H]1OC(C)[C@@H](O)[C@H](OC)C1OC)[C@H](O[C@@H]1OC(C)[C@@H](O)C(N(C)C)C1O)[C@H]2C. The van der Waals surface area contributed by atoms with E-state index in [1.54, 1.807) is 45.0 Å². The van der Waals surface area contributed by atoms with Crippen molar-refractivity contribution < 1.29 is 67.5 Å². The lowest BCUT2D eigenvalue weighted by atomic mass is 9.79. The van der Waals surface area contributed by atoms with Crippen LogP contribution in [-0.4, -0.2) is 166 Å². The van der Waals surface area contributed by atoms with E-state index < -0.39 is 103 Å². The molecule has 332 valence electrons. The number of aliphatic hydroxyl groups is 3. The first kappa shape index (κ1) is 48.5. The van der Waals surface area contributed by atoms with E-state index in [0.717, 1.165) is 5.57 Å². The number of nitrogens with zero attached hydrogens (tertiary/aromatic N) is 1. The van der Waals surface area contributed by atoms with Crippen molar-refractivity contribution in [3.8, 4) is 0 Å². The third-order valence-corrected chi connectivity index (χ3v) is 12.1. The second-order valence-electron chi connectivity index (χ2n) is 16.6. The molecule has 4 heterocycles. The average molecular weight is 826 g/mol. The molecule has 17 atom stereocenters. The molecule has 15 heteroatoms. The number of ether oxygens (including phenoxy) is 9. The van der Waals surface area contributed by atoms with Gasteiger partial charge >= 0.3 is 5.97 Å². The van der Waals surface area contributed by atoms with Gasteiger partial charge in [0.2, 0.25) is 0 Å². The summed E-state index contributed by atoms with van der Waals surface area (Å²) in [5.74, 6) is -2.18. The first-order valence-electron chi connectivity index (χ1n) is 20.9. The Hall–Kier alpha value is -2.12. The third-order valence-electron chi connectivity index (χ3n) is 12.1. The summed E-state index contributed by atoms with van der Waals surface area (Å²) in [5, 5.41) is 33.2. The molecule has 2 bridgehead atoms. The number of cyclic esters (lactones) is 1. The molecular formula is C43H71NO14. The molecule has 15 nitrogen and oxygen atoms in total. The van der Waals surface area contributed by atoms with Crippen LogP contribution in [0.3, 0.4) is 0 Å². The van der Waals surface area contributed by atoms with E-state index in [-0.39, 0.29) is 31.3 Å². The minimum atomic E-state index is -1.20. The average Bonchev–Trinajstić information content (AvgIpc) is 3.18. The number of allylic oxidation sites excluding steroid dienone is 3. The van der Waals surface area contributed by atoms with E-state index in [1.165, 1.54) is 14.2 Å². The highest BCUT2D eigenvalue weighted by atomic mass is 16.7. The van der Waals surface area contributed by atoms with E-state index in [4.69, 9.17) is 42.6 Å². The summed E-state index contributed by atoms with van der Waals surface area (Å²) in [6, 6.07) is -0.666. The van der Waals surface area contributed by atoms with E-state index in [9.17, 15) is 24.9 Å². The van der Waals surface area contributed by atoms with Gasteiger partial charge in [0.05, 0.1) is 62.8 Å². The zero-order valence-electron chi connectivity index (χ0n) is 36.1. The van der Waals surface area contributed by atoms with Crippen LogP contribution in [0.15, 0.2) is 36.0 Å². The van der Waals surface area contributed by atoms with Gasteiger partial charge in [-0.2, -0.15) is 0 Å². The molecule has 0 aliphatic carbocycles. The summed E-state index contributed by atoms with van der Waals surface area (Å²) in [6.45, 7) is 12.1. The van der Waals surface area contributed by atoms with Crippen molar-refractivity contribution in [3.63, 3.8) is 0 Å². The first-order chi connectivity index (χ1) is 27.6. The van der Waals surface area contributed by atoms with Gasteiger partial charge in [0.25, 0.3) is 0 Å². The number of fused-ring (bicyclic) bond motifs is 3. The molecule has 2 fully saturated rings. The Labute approximate surface area is 344 Å². The fraction of sp³-hybridized carbons (Fsp3) is 0.814. The van der Waals surface area contributed by atoms with Gasteiger partial charge in [0.1, 0.15) is 30.5 Å². The Morgan fingerprint density at radius 1 is 0.862 bits per heavy atom. The monoisotopic (exact) mass is 825 g/mol. The number of hydrogen-bond acceptors (Lipinski definition) is 15. The highest BCUT2D eigenvalue weighted by Crippen LogP contribution is 2.36. The number of carbonyl (C=O) groups is 2. The quantitative estimate of drug-likeness (QED) is 0.228. The van der Waals surface area contributed by atoms with Gasteiger partial charge in [-0.1, -0.05) is 50.6 Å². The van der Waals surface area contributed by atoms with Gasteiger partial charge < -0.3 is 62.9 Å². The summed E-state index contributed by atoms with van der Waals surface area (Å²) < 4.78 is 55.2. The van der Waals surface area contributed by atoms with E-state index in [1.807, 2.05) is 45.9 Å². The van der Waals surface area contributed by atoms with Gasteiger partial charge in [0.15, 0.2) is 18.4 Å². The lowest BCUT2D eigenvalue weighted by Crippen LogP contribution is -2.63. The number of hydrogen-bond donors (Lipinski definition) is 3. The van der Waals surface area contributed by atoms with Gasteiger partial charge in [-0.3, -0.25) is 9.59 Å². The fourth-order valence-electron chi connectivity index (χ4n) is 8.59. The van der Waals surface area contributed by atoms with Crippen molar-refractivity contribution in [2.75, 3.05) is 54.7 Å². The largest absolute Gasteiger partial charge is 0.462 e. The standard InChI is InChI=1S/C43H71NO14/c1-11-32-30(23-54-43-41(51-10)40(50-9)37(48)28(6)56-43)20-24(2)14-15-31(45)25(3)21-29-16-19-52-17-12-13-18-53-33(22-34(46)57-32)26(4)39(29)58-42-38(49)35(44(7)8)36(47)27(5)55-42/h12-15,20,25-30,32-33,35-43,47-49H,11,16-19,21-23H2,1-10H3/t25-,26+,27?,28?,29+,30-,32-,33-,35?,36-,37-,38?,39-,40+,41?,42+,43-/m1/s1. The Bertz CT molecular complexity index is 1370. The number of likely N-dealkylation sites (N-methyl/N-ethyl adjacent to an activating group) is 1. The van der Waals surface area contributed by atoms with Crippen LogP contribution < -0.4 is 0 Å². The molecule has 5 unspecified atom stereocenters. The number of ketones is 1. The van der Waals surface area contributed by atoms with Gasteiger partial charge in [-0.15, -0.1) is 0 Å². The molecular weight excluding hydrogens is 754 g/mol. The molecule has 3 N–H and O–H groups in total. The van der Waals surface area contributed by atoms with Gasteiger partial charge in [-0.25, -0.2) is 0 Å². The lowest BCUT2D eigenvalue weighted by molar-refractivity contribution is -0.305. The van der Waals surface area contributed by atoms with Crippen LogP contribution >= 0.6 is 0 Å². The zero-order valence-corrected chi connectivity index (χ0v) is 36.1. The van der Waals surface area contributed by atoms with Gasteiger partial charge in [-0.05, 0) is 66.1 Å². The van der Waals surface area contributed by atoms with E-state index >= 15 is 0 Å². The second kappa shape index (κ2) is 23.2. The topological polar surface area (TPSA) is 181 Å². The number of esters is 1. The van der Waals surface area contributed by atoms with Crippen molar-refractivity contribution in [2.24, 2.45) is 23.7 Å². The number of aliphatic hydroxyl groups excluding tert-OH is 3. The second-order valence-corrected chi connectivity index (χ2v) is 16.6. The number of rotatable bonds is 9. The van der Waals surface area contributed by atoms with Crippen LogP contribution in [0.25, 0.3) is 0 Å². The minimum absolute atomic E-state index is 0.0661. The molecule has 0 aromatic heterocycles. The molecule has 0 amide bonds. The van der Waals surface area contributed by atoms with Crippen molar-refractivity contribution in [2.45, 2.75) is 147 Å². The summed E-state index contributed by atoms with van der Waals surface area (Å²) in [7, 11) is 6.56. The van der Waals surface area contributed by atoms with Crippen LogP contribution in [-0.2, 0) is 52.2 Å². The highest BCUT2D eigenvalue weighted by Gasteiger charge is 2.48.